The molecule has 1 saturated heterocycles. The van der Waals surface area contributed by atoms with Crippen molar-refractivity contribution in [3.63, 3.8) is 0 Å². The maximum atomic E-state index is 13.4. The van der Waals surface area contributed by atoms with Crippen molar-refractivity contribution in [2.45, 2.75) is 50.1 Å². The highest BCUT2D eigenvalue weighted by Crippen LogP contribution is 2.34. The van der Waals surface area contributed by atoms with Crippen LogP contribution >= 0.6 is 11.6 Å². The number of rotatable bonds is 7. The van der Waals surface area contributed by atoms with Crippen molar-refractivity contribution in [1.82, 2.24) is 15.5 Å². The third-order valence-corrected chi connectivity index (χ3v) is 5.86. The molecule has 0 unspecified atom stereocenters. The third-order valence-electron chi connectivity index (χ3n) is 5.55. The van der Waals surface area contributed by atoms with Gasteiger partial charge < -0.3 is 19.4 Å². The van der Waals surface area contributed by atoms with Crippen molar-refractivity contribution in [2.75, 3.05) is 24.6 Å². The van der Waals surface area contributed by atoms with E-state index in [0.29, 0.717) is 31.6 Å². The zero-order valence-corrected chi connectivity index (χ0v) is 18.0. The summed E-state index contributed by atoms with van der Waals surface area (Å²) in [5.41, 5.74) is 0. The van der Waals surface area contributed by atoms with Crippen molar-refractivity contribution in [3.05, 3.63) is 34.9 Å². The minimum atomic E-state index is -4.66. The number of nitrogens with one attached hydrogen (secondary N) is 1. The number of carbonyl (C=O) groups excluding carboxylic acids is 1. The summed E-state index contributed by atoms with van der Waals surface area (Å²) >= 11 is 5.61. The molecule has 1 saturated carbocycles. The summed E-state index contributed by atoms with van der Waals surface area (Å²) < 4.78 is 65.0. The molecule has 4 rings (SSSR count). The lowest BCUT2D eigenvalue weighted by Crippen LogP contribution is -2.54. The van der Waals surface area contributed by atoms with Crippen molar-refractivity contribution in [1.29, 1.82) is 0 Å². The van der Waals surface area contributed by atoms with Crippen LogP contribution in [0.25, 0.3) is 0 Å². The highest BCUT2D eigenvalue weighted by molar-refractivity contribution is 6.30. The Kier molecular flexibility index (Phi) is 6.94. The summed E-state index contributed by atoms with van der Waals surface area (Å²) in [6, 6.07) is 4.08. The lowest BCUT2D eigenvalue weighted by atomic mass is 9.86. The maximum absolute atomic E-state index is 13.4. The number of carbonyl (C=O) groups is 1. The van der Waals surface area contributed by atoms with Crippen molar-refractivity contribution in [2.24, 2.45) is 0 Å². The number of anilines is 1. The first-order valence-electron chi connectivity index (χ1n) is 10.4. The van der Waals surface area contributed by atoms with Crippen LogP contribution in [-0.2, 0) is 9.53 Å². The summed E-state index contributed by atoms with van der Waals surface area (Å²) in [7, 11) is 0. The SMILES string of the molecule is O=C(COc1ccc(Cl)c(F)c1)N[C@H]1CC[C@H](c2nnc(N3CC(OC(F)(F)F)C3)o2)CC1. The smallest absolute Gasteiger partial charge is 0.484 e. The quantitative estimate of drug-likeness (QED) is 0.588. The number of hydrogen-bond acceptors (Lipinski definition) is 7. The molecular formula is C20H21ClF4N4O4. The molecule has 1 aromatic heterocycles. The normalized spacial score (nSPS) is 21.5. The third kappa shape index (κ3) is 6.26. The van der Waals surface area contributed by atoms with Gasteiger partial charge in [-0.1, -0.05) is 16.7 Å². The number of halogens is 5. The van der Waals surface area contributed by atoms with E-state index in [1.807, 2.05) is 0 Å². The average molecular weight is 493 g/mol. The lowest BCUT2D eigenvalue weighted by molar-refractivity contribution is -0.344. The minimum absolute atomic E-state index is 0.0104. The number of alkyl halides is 3. The number of nitrogens with zero attached hydrogens (tertiary/aromatic N) is 3. The fraction of sp³-hybridized carbons (Fsp3) is 0.550. The fourth-order valence-corrected chi connectivity index (χ4v) is 3.96. The largest absolute Gasteiger partial charge is 0.522 e. The second-order valence-electron chi connectivity index (χ2n) is 7.99. The highest BCUT2D eigenvalue weighted by atomic mass is 35.5. The molecular weight excluding hydrogens is 472 g/mol. The molecule has 0 spiro atoms. The molecule has 2 aromatic rings. The van der Waals surface area contributed by atoms with Crippen LogP contribution in [0, 0.1) is 5.82 Å². The van der Waals surface area contributed by atoms with Crippen LogP contribution in [0.3, 0.4) is 0 Å². The van der Waals surface area contributed by atoms with E-state index in [4.69, 9.17) is 20.8 Å². The Hall–Kier alpha value is -2.60. The Morgan fingerprint density at radius 2 is 1.94 bits per heavy atom. The number of ether oxygens (including phenoxy) is 2. The standard InChI is InChI=1S/C20H21ClF4N4O4/c21-15-6-5-13(7-16(15)22)31-10-17(30)26-12-3-1-11(2-4-12)18-27-28-19(32-18)29-8-14(9-29)33-20(23,24)25/h5-7,11-12,14H,1-4,8-10H2,(H,26,30)/t11-,12-. The van der Waals surface area contributed by atoms with Crippen molar-refractivity contribution >= 4 is 23.5 Å². The Balaban J connectivity index is 1.18. The van der Waals surface area contributed by atoms with E-state index in [-0.39, 0.29) is 54.4 Å². The number of amides is 1. The maximum Gasteiger partial charge on any atom is 0.522 e. The molecule has 8 nitrogen and oxygen atoms in total. The summed E-state index contributed by atoms with van der Waals surface area (Å²) in [5, 5.41) is 10.8. The van der Waals surface area contributed by atoms with Gasteiger partial charge in [0.05, 0.1) is 18.1 Å². The molecule has 13 heteroatoms. The molecule has 2 heterocycles. The van der Waals surface area contributed by atoms with E-state index in [1.54, 1.807) is 0 Å². The van der Waals surface area contributed by atoms with Crippen LogP contribution in [0.2, 0.25) is 5.02 Å². The first-order valence-corrected chi connectivity index (χ1v) is 10.7. The molecule has 2 fully saturated rings. The topological polar surface area (TPSA) is 89.7 Å². The highest BCUT2D eigenvalue weighted by Gasteiger charge is 2.41. The molecule has 2 aliphatic rings. The van der Waals surface area contributed by atoms with Gasteiger partial charge in [0.25, 0.3) is 5.91 Å². The average Bonchev–Trinajstić information content (AvgIpc) is 3.21. The van der Waals surface area contributed by atoms with E-state index in [0.717, 1.165) is 6.07 Å². The van der Waals surface area contributed by atoms with Crippen LogP contribution in [0.1, 0.15) is 37.5 Å². The van der Waals surface area contributed by atoms with Gasteiger partial charge in [-0.3, -0.25) is 9.53 Å². The number of benzene rings is 1. The van der Waals surface area contributed by atoms with Gasteiger partial charge in [-0.2, -0.15) is 0 Å². The van der Waals surface area contributed by atoms with E-state index < -0.39 is 18.3 Å². The summed E-state index contributed by atoms with van der Waals surface area (Å²) in [5.74, 6) is -0.288. The van der Waals surface area contributed by atoms with Crippen LogP contribution in [0.15, 0.2) is 22.6 Å². The molecule has 1 N–H and O–H groups in total. The van der Waals surface area contributed by atoms with Gasteiger partial charge in [-0.15, -0.1) is 18.3 Å². The monoisotopic (exact) mass is 492 g/mol. The molecule has 1 aliphatic heterocycles. The number of aromatic nitrogens is 2. The Morgan fingerprint density at radius 3 is 2.61 bits per heavy atom. The Bertz CT molecular complexity index is 975. The molecule has 0 atom stereocenters. The van der Waals surface area contributed by atoms with Gasteiger partial charge in [-0.05, 0) is 37.8 Å². The van der Waals surface area contributed by atoms with Gasteiger partial charge >= 0.3 is 12.4 Å². The number of hydrogen-bond donors (Lipinski definition) is 1. The second kappa shape index (κ2) is 9.72. The molecule has 1 aromatic carbocycles. The van der Waals surface area contributed by atoms with E-state index in [2.05, 4.69) is 20.3 Å². The van der Waals surface area contributed by atoms with Crippen molar-refractivity contribution < 1.29 is 36.2 Å². The fourth-order valence-electron chi connectivity index (χ4n) is 3.85. The van der Waals surface area contributed by atoms with Crippen molar-refractivity contribution in [3.8, 4) is 5.75 Å². The van der Waals surface area contributed by atoms with Gasteiger partial charge in [0.1, 0.15) is 17.7 Å². The molecule has 0 radical (unpaired) electrons. The second-order valence-corrected chi connectivity index (χ2v) is 8.40. The van der Waals surface area contributed by atoms with Gasteiger partial charge in [-0.25, -0.2) is 4.39 Å². The Morgan fingerprint density at radius 1 is 1.21 bits per heavy atom. The van der Waals surface area contributed by atoms with Crippen LogP contribution < -0.4 is 15.0 Å². The van der Waals surface area contributed by atoms with E-state index >= 15 is 0 Å². The summed E-state index contributed by atoms with van der Waals surface area (Å²) in [4.78, 5) is 13.7. The predicted octanol–water partition coefficient (Wildman–Crippen LogP) is 3.81. The molecule has 0 bridgehead atoms. The zero-order chi connectivity index (χ0) is 23.6. The molecule has 33 heavy (non-hydrogen) atoms. The van der Waals surface area contributed by atoms with Crippen LogP contribution in [-0.4, -0.2) is 54.3 Å². The summed E-state index contributed by atoms with van der Waals surface area (Å²) in [6.45, 7) is -0.182. The summed E-state index contributed by atoms with van der Waals surface area (Å²) in [6.07, 6.45) is -2.82. The van der Waals surface area contributed by atoms with Gasteiger partial charge in [0.15, 0.2) is 6.61 Å². The van der Waals surface area contributed by atoms with Gasteiger partial charge in [0, 0.05) is 18.0 Å². The first-order chi connectivity index (χ1) is 15.7. The molecule has 1 aliphatic carbocycles. The Labute approximate surface area is 191 Å². The van der Waals surface area contributed by atoms with E-state index in [1.165, 1.54) is 17.0 Å². The molecule has 1 amide bonds. The van der Waals surface area contributed by atoms with Crippen LogP contribution in [0.4, 0.5) is 23.6 Å². The van der Waals surface area contributed by atoms with Crippen LogP contribution in [0.5, 0.6) is 5.75 Å². The van der Waals surface area contributed by atoms with Gasteiger partial charge in [0.2, 0.25) is 5.89 Å². The lowest BCUT2D eigenvalue weighted by Gasteiger charge is -2.37. The minimum Gasteiger partial charge on any atom is -0.484 e. The zero-order valence-electron chi connectivity index (χ0n) is 17.3. The van der Waals surface area contributed by atoms with E-state index in [9.17, 15) is 22.4 Å². The molecule has 180 valence electrons. The predicted molar refractivity (Wildman–Crippen MR) is 107 cm³/mol. The first kappa shape index (κ1) is 23.6.